The summed E-state index contributed by atoms with van der Waals surface area (Å²) in [6.45, 7) is 4.35. The Hall–Kier alpha value is -1.75. The van der Waals surface area contributed by atoms with E-state index >= 15 is 0 Å². The first-order valence-corrected chi connectivity index (χ1v) is 6.85. The van der Waals surface area contributed by atoms with Gasteiger partial charge in [-0.15, -0.1) is 0 Å². The molecule has 1 heterocycles. The van der Waals surface area contributed by atoms with E-state index in [4.69, 9.17) is 10.5 Å². The highest BCUT2D eigenvalue weighted by atomic mass is 32.2. The molecule has 0 fully saturated rings. The van der Waals surface area contributed by atoms with E-state index in [2.05, 4.69) is 48.1 Å². The van der Waals surface area contributed by atoms with E-state index in [9.17, 15) is 0 Å². The predicted molar refractivity (Wildman–Crippen MR) is 77.7 cm³/mol. The molecule has 0 spiro atoms. The number of anilines is 1. The van der Waals surface area contributed by atoms with Gasteiger partial charge in [0.1, 0.15) is 17.0 Å². The highest BCUT2D eigenvalue weighted by Crippen LogP contribution is 2.34. The summed E-state index contributed by atoms with van der Waals surface area (Å²) in [5.41, 5.74) is 7.74. The minimum atomic E-state index is 0.413. The molecule has 0 bridgehead atoms. The van der Waals surface area contributed by atoms with Gasteiger partial charge in [0.15, 0.2) is 0 Å². The Labute approximate surface area is 117 Å². The van der Waals surface area contributed by atoms with Gasteiger partial charge in [0.2, 0.25) is 5.88 Å². The molecule has 2 aromatic rings. The van der Waals surface area contributed by atoms with Gasteiger partial charge in [0.05, 0.1) is 7.11 Å². The van der Waals surface area contributed by atoms with Gasteiger partial charge < -0.3 is 10.5 Å². The van der Waals surface area contributed by atoms with Crippen LogP contribution in [0.2, 0.25) is 0 Å². The number of nitrogen functional groups attached to an aromatic ring is 1. The first-order valence-electron chi connectivity index (χ1n) is 6.04. The number of hydrogen-bond donors (Lipinski definition) is 1. The van der Waals surface area contributed by atoms with Crippen LogP contribution in [-0.4, -0.2) is 17.1 Å². The van der Waals surface area contributed by atoms with Gasteiger partial charge in [-0.1, -0.05) is 37.7 Å². The second kappa shape index (κ2) is 5.93. The Bertz CT molecular complexity index is 555. The SMILES string of the molecule is COc1ncnc(Sc2ccc(C(C)C)cc2)c1N. The number of ether oxygens (including phenoxy) is 1. The number of benzene rings is 1. The van der Waals surface area contributed by atoms with Crippen molar-refractivity contribution in [1.82, 2.24) is 9.97 Å². The molecule has 1 aromatic heterocycles. The Balaban J connectivity index is 2.21. The maximum atomic E-state index is 5.95. The fraction of sp³-hybridized carbons (Fsp3) is 0.286. The number of hydrogen-bond acceptors (Lipinski definition) is 5. The topological polar surface area (TPSA) is 61.0 Å². The van der Waals surface area contributed by atoms with Gasteiger partial charge in [0, 0.05) is 4.90 Å². The molecule has 19 heavy (non-hydrogen) atoms. The number of nitrogens with zero attached hydrogens (tertiary/aromatic N) is 2. The third kappa shape index (κ3) is 3.17. The van der Waals surface area contributed by atoms with Crippen molar-refractivity contribution in [3.8, 4) is 5.88 Å². The van der Waals surface area contributed by atoms with Crippen LogP contribution in [0.4, 0.5) is 5.69 Å². The molecule has 0 aliphatic carbocycles. The van der Waals surface area contributed by atoms with Crippen LogP contribution in [0.1, 0.15) is 25.3 Å². The number of aromatic nitrogens is 2. The Kier molecular flexibility index (Phi) is 4.27. The lowest BCUT2D eigenvalue weighted by atomic mass is 10.0. The van der Waals surface area contributed by atoms with Crippen molar-refractivity contribution in [2.75, 3.05) is 12.8 Å². The lowest BCUT2D eigenvalue weighted by molar-refractivity contribution is 0.397. The molecule has 0 aliphatic rings. The maximum absolute atomic E-state index is 5.95. The summed E-state index contributed by atoms with van der Waals surface area (Å²) in [6, 6.07) is 8.41. The molecule has 0 atom stereocenters. The Morgan fingerprint density at radius 3 is 2.42 bits per heavy atom. The van der Waals surface area contributed by atoms with Crippen LogP contribution in [0.3, 0.4) is 0 Å². The van der Waals surface area contributed by atoms with E-state index in [1.807, 2.05) is 0 Å². The van der Waals surface area contributed by atoms with Crippen molar-refractivity contribution in [3.63, 3.8) is 0 Å². The molecule has 0 saturated heterocycles. The largest absolute Gasteiger partial charge is 0.479 e. The van der Waals surface area contributed by atoms with Crippen LogP contribution in [0.25, 0.3) is 0 Å². The van der Waals surface area contributed by atoms with Crippen molar-refractivity contribution in [2.24, 2.45) is 0 Å². The van der Waals surface area contributed by atoms with E-state index in [-0.39, 0.29) is 0 Å². The van der Waals surface area contributed by atoms with E-state index < -0.39 is 0 Å². The van der Waals surface area contributed by atoms with Crippen LogP contribution in [-0.2, 0) is 0 Å². The molecule has 0 unspecified atom stereocenters. The number of methoxy groups -OCH3 is 1. The normalized spacial score (nSPS) is 10.7. The van der Waals surface area contributed by atoms with Crippen LogP contribution >= 0.6 is 11.8 Å². The predicted octanol–water partition coefficient (Wildman–Crippen LogP) is 3.34. The van der Waals surface area contributed by atoms with Crippen LogP contribution in [0.15, 0.2) is 40.5 Å². The molecule has 2 N–H and O–H groups in total. The Morgan fingerprint density at radius 1 is 1.16 bits per heavy atom. The lowest BCUT2D eigenvalue weighted by Gasteiger charge is -2.09. The zero-order chi connectivity index (χ0) is 13.8. The van der Waals surface area contributed by atoms with Gasteiger partial charge >= 0.3 is 0 Å². The Morgan fingerprint density at radius 2 is 1.84 bits per heavy atom. The number of rotatable bonds is 4. The van der Waals surface area contributed by atoms with Gasteiger partial charge in [-0.2, -0.15) is 4.98 Å². The van der Waals surface area contributed by atoms with E-state index in [1.165, 1.54) is 23.7 Å². The van der Waals surface area contributed by atoms with Crippen molar-refractivity contribution in [3.05, 3.63) is 36.2 Å². The second-order valence-corrected chi connectivity index (χ2v) is 5.49. The molecular formula is C14H17N3OS. The van der Waals surface area contributed by atoms with Crippen LogP contribution < -0.4 is 10.5 Å². The summed E-state index contributed by atoms with van der Waals surface area (Å²) >= 11 is 1.51. The molecule has 0 saturated carbocycles. The summed E-state index contributed by atoms with van der Waals surface area (Å²) in [5, 5.41) is 0.712. The maximum Gasteiger partial charge on any atom is 0.241 e. The number of nitrogens with two attached hydrogens (primary N) is 1. The first kappa shape index (κ1) is 13.7. The van der Waals surface area contributed by atoms with Crippen LogP contribution in [0, 0.1) is 0 Å². The zero-order valence-electron chi connectivity index (χ0n) is 11.3. The van der Waals surface area contributed by atoms with Gasteiger partial charge in [0.25, 0.3) is 0 Å². The quantitative estimate of drug-likeness (QED) is 0.867. The van der Waals surface area contributed by atoms with E-state index in [0.717, 1.165) is 4.90 Å². The molecule has 100 valence electrons. The average molecular weight is 275 g/mol. The van der Waals surface area contributed by atoms with Crippen molar-refractivity contribution < 1.29 is 4.74 Å². The average Bonchev–Trinajstić information content (AvgIpc) is 2.42. The van der Waals surface area contributed by atoms with E-state index in [1.54, 1.807) is 7.11 Å². The molecule has 0 aliphatic heterocycles. The summed E-state index contributed by atoms with van der Waals surface area (Å²) in [4.78, 5) is 9.25. The smallest absolute Gasteiger partial charge is 0.241 e. The highest BCUT2D eigenvalue weighted by molar-refractivity contribution is 7.99. The van der Waals surface area contributed by atoms with Gasteiger partial charge in [-0.05, 0) is 23.6 Å². The fourth-order valence-corrected chi connectivity index (χ4v) is 2.43. The van der Waals surface area contributed by atoms with Crippen molar-refractivity contribution in [1.29, 1.82) is 0 Å². The third-order valence-corrected chi connectivity index (χ3v) is 3.79. The molecular weight excluding hydrogens is 258 g/mol. The van der Waals surface area contributed by atoms with Crippen molar-refractivity contribution in [2.45, 2.75) is 29.7 Å². The summed E-state index contributed by atoms with van der Waals surface area (Å²) in [7, 11) is 1.55. The molecule has 2 rings (SSSR count). The lowest BCUT2D eigenvalue weighted by Crippen LogP contribution is -1.99. The van der Waals surface area contributed by atoms with Gasteiger partial charge in [-0.25, -0.2) is 4.98 Å². The molecule has 4 nitrogen and oxygen atoms in total. The molecule has 1 aromatic carbocycles. The molecule has 5 heteroatoms. The standard InChI is InChI=1S/C14H17N3OS/c1-9(2)10-4-6-11(7-5-10)19-14-12(15)13(18-3)16-8-17-14/h4-9H,15H2,1-3H3. The van der Waals surface area contributed by atoms with Gasteiger partial charge in [-0.3, -0.25) is 0 Å². The summed E-state index contributed by atoms with van der Waals surface area (Å²) < 4.78 is 5.08. The fourth-order valence-electron chi connectivity index (χ4n) is 1.64. The molecule has 0 amide bonds. The molecule has 0 radical (unpaired) electrons. The zero-order valence-corrected chi connectivity index (χ0v) is 12.1. The van der Waals surface area contributed by atoms with Crippen LogP contribution in [0.5, 0.6) is 5.88 Å². The second-order valence-electron chi connectivity index (χ2n) is 4.43. The summed E-state index contributed by atoms with van der Waals surface area (Å²) in [6.07, 6.45) is 1.46. The third-order valence-electron chi connectivity index (χ3n) is 2.77. The van der Waals surface area contributed by atoms with E-state index in [0.29, 0.717) is 22.5 Å². The summed E-state index contributed by atoms with van der Waals surface area (Å²) in [5.74, 6) is 0.944. The van der Waals surface area contributed by atoms with Crippen molar-refractivity contribution >= 4 is 17.4 Å². The highest BCUT2D eigenvalue weighted by Gasteiger charge is 2.10. The minimum absolute atomic E-state index is 0.413. The first-order chi connectivity index (χ1) is 9.11. The monoisotopic (exact) mass is 275 g/mol. The minimum Gasteiger partial charge on any atom is -0.479 e.